The van der Waals surface area contributed by atoms with Crippen LogP contribution in [0.15, 0.2) is 35.2 Å². The van der Waals surface area contributed by atoms with Crippen molar-refractivity contribution in [3.63, 3.8) is 0 Å². The van der Waals surface area contributed by atoms with Crippen LogP contribution in [0.5, 0.6) is 17.2 Å². The molecule has 3 aromatic rings. The molecule has 0 atom stereocenters. The first kappa shape index (κ1) is 19.2. The third-order valence-electron chi connectivity index (χ3n) is 4.71. The summed E-state index contributed by atoms with van der Waals surface area (Å²) in [6, 6.07) is 8.04. The Balaban J connectivity index is 1.59. The molecule has 0 spiro atoms. The number of aromatic amines is 1. The Morgan fingerprint density at radius 1 is 1.21 bits per heavy atom. The average molecular weight is 415 g/mol. The number of phenols is 1. The quantitative estimate of drug-likeness (QED) is 0.536. The van der Waals surface area contributed by atoms with Crippen molar-refractivity contribution in [1.29, 1.82) is 0 Å². The first-order chi connectivity index (χ1) is 13.8. The van der Waals surface area contributed by atoms with Gasteiger partial charge in [-0.05, 0) is 78.4 Å². The van der Waals surface area contributed by atoms with Gasteiger partial charge >= 0.3 is 0 Å². The van der Waals surface area contributed by atoms with E-state index in [9.17, 15) is 13.5 Å². The molecule has 1 saturated carbocycles. The Hall–Kier alpha value is -3.14. The summed E-state index contributed by atoms with van der Waals surface area (Å²) in [6.45, 7) is 3.77. The molecular formula is C19H21N5O4S. The molecule has 0 amide bonds. The molecule has 1 aromatic heterocycles. The van der Waals surface area contributed by atoms with E-state index in [2.05, 4.69) is 25.9 Å². The Kier molecular flexibility index (Phi) is 4.87. The number of nitrogens with one attached hydrogen (secondary N) is 2. The van der Waals surface area contributed by atoms with Crippen LogP contribution in [0.3, 0.4) is 0 Å². The summed E-state index contributed by atoms with van der Waals surface area (Å²) in [5, 5.41) is 26.6. The van der Waals surface area contributed by atoms with Crippen LogP contribution < -0.4 is 10.1 Å². The van der Waals surface area contributed by atoms with Gasteiger partial charge in [0, 0.05) is 11.8 Å². The lowest BCUT2D eigenvalue weighted by Gasteiger charge is -2.15. The Labute approximate surface area is 168 Å². The van der Waals surface area contributed by atoms with Crippen molar-refractivity contribution in [2.24, 2.45) is 5.92 Å². The van der Waals surface area contributed by atoms with E-state index < -0.39 is 9.84 Å². The molecule has 29 heavy (non-hydrogen) atoms. The highest BCUT2D eigenvalue weighted by molar-refractivity contribution is 7.91. The van der Waals surface area contributed by atoms with E-state index in [1.165, 1.54) is 12.1 Å². The molecule has 152 valence electrons. The Morgan fingerprint density at radius 3 is 2.55 bits per heavy atom. The lowest BCUT2D eigenvalue weighted by atomic mass is 10.1. The maximum Gasteiger partial charge on any atom is 0.244 e. The summed E-state index contributed by atoms with van der Waals surface area (Å²) in [6.07, 6.45) is 1.83. The number of sulfone groups is 1. The number of aryl methyl sites for hydroxylation is 2. The normalized spacial score (nSPS) is 14.0. The SMILES string of the molecule is Cc1cc(Nc2nnn[nH]2)cc(C)c1Oc1ccc(O)c(S(=O)(=O)CC2CC2)c1. The van der Waals surface area contributed by atoms with E-state index in [1.54, 1.807) is 6.07 Å². The number of hydrogen-bond donors (Lipinski definition) is 3. The van der Waals surface area contributed by atoms with Crippen molar-refractivity contribution in [3.8, 4) is 17.2 Å². The molecule has 0 radical (unpaired) electrons. The van der Waals surface area contributed by atoms with E-state index in [0.29, 0.717) is 17.4 Å². The van der Waals surface area contributed by atoms with Crippen LogP contribution in [0, 0.1) is 19.8 Å². The van der Waals surface area contributed by atoms with E-state index in [1.807, 2.05) is 26.0 Å². The maximum atomic E-state index is 12.6. The third kappa shape index (κ3) is 4.32. The van der Waals surface area contributed by atoms with Crippen LogP contribution in [-0.2, 0) is 9.84 Å². The van der Waals surface area contributed by atoms with Crippen LogP contribution in [0.1, 0.15) is 24.0 Å². The topological polar surface area (TPSA) is 130 Å². The summed E-state index contributed by atoms with van der Waals surface area (Å²) in [5.41, 5.74) is 2.47. The lowest BCUT2D eigenvalue weighted by molar-refractivity contribution is 0.446. The van der Waals surface area contributed by atoms with Crippen molar-refractivity contribution < 1.29 is 18.3 Å². The third-order valence-corrected chi connectivity index (χ3v) is 6.61. The molecule has 10 heteroatoms. The number of aromatic hydroxyl groups is 1. The van der Waals surface area contributed by atoms with Crippen molar-refractivity contribution in [2.45, 2.75) is 31.6 Å². The van der Waals surface area contributed by atoms with Crippen LogP contribution in [-0.4, -0.2) is 39.9 Å². The number of hydrogen-bond acceptors (Lipinski definition) is 8. The number of anilines is 2. The fourth-order valence-corrected chi connectivity index (χ4v) is 4.96. The van der Waals surface area contributed by atoms with Gasteiger partial charge in [0.1, 0.15) is 22.1 Å². The molecule has 1 aliphatic rings. The maximum absolute atomic E-state index is 12.6. The first-order valence-corrected chi connectivity index (χ1v) is 10.8. The summed E-state index contributed by atoms with van der Waals surface area (Å²) < 4.78 is 31.2. The van der Waals surface area contributed by atoms with Gasteiger partial charge in [-0.25, -0.2) is 13.5 Å². The Morgan fingerprint density at radius 2 is 1.93 bits per heavy atom. The number of benzene rings is 2. The molecule has 0 aliphatic heterocycles. The molecule has 1 heterocycles. The van der Waals surface area contributed by atoms with Crippen LogP contribution in [0.2, 0.25) is 0 Å². The number of phenolic OH excluding ortho intramolecular Hbond substituents is 1. The van der Waals surface area contributed by atoms with E-state index in [0.717, 1.165) is 29.7 Å². The standard InChI is InChI=1S/C19H21N5O4S/c1-11-7-14(20-19-21-23-24-22-19)8-12(2)18(11)28-15-5-6-16(25)17(9-15)29(26,27)10-13-3-4-13/h5-9,13,25H,3-4,10H2,1-2H3,(H2,20,21,22,23,24). The van der Waals surface area contributed by atoms with Gasteiger partial charge in [0.2, 0.25) is 5.95 Å². The molecule has 1 fully saturated rings. The lowest BCUT2D eigenvalue weighted by Crippen LogP contribution is -2.08. The number of nitrogens with zero attached hydrogens (tertiary/aromatic N) is 3. The highest BCUT2D eigenvalue weighted by Crippen LogP contribution is 2.37. The van der Waals surface area contributed by atoms with Gasteiger partial charge in [0.05, 0.1) is 5.75 Å². The zero-order valence-corrected chi connectivity index (χ0v) is 16.8. The summed E-state index contributed by atoms with van der Waals surface area (Å²) in [7, 11) is -3.56. The first-order valence-electron chi connectivity index (χ1n) is 9.17. The second-order valence-corrected chi connectivity index (χ2v) is 9.27. The van der Waals surface area contributed by atoms with Gasteiger partial charge in [-0.15, -0.1) is 0 Å². The minimum atomic E-state index is -3.56. The monoisotopic (exact) mass is 415 g/mol. The molecular weight excluding hydrogens is 394 g/mol. The van der Waals surface area contributed by atoms with Crippen LogP contribution in [0.4, 0.5) is 11.6 Å². The molecule has 9 nitrogen and oxygen atoms in total. The predicted octanol–water partition coefficient (Wildman–Crippen LogP) is 3.24. The second kappa shape index (κ2) is 7.36. The molecule has 3 N–H and O–H groups in total. The number of aromatic nitrogens is 4. The zero-order valence-electron chi connectivity index (χ0n) is 16.0. The van der Waals surface area contributed by atoms with Crippen molar-refractivity contribution >= 4 is 21.5 Å². The predicted molar refractivity (Wildman–Crippen MR) is 106 cm³/mol. The second-order valence-electron chi connectivity index (χ2n) is 7.27. The average Bonchev–Trinajstić information content (AvgIpc) is 3.30. The molecule has 0 bridgehead atoms. The van der Waals surface area contributed by atoms with Crippen LogP contribution in [0.25, 0.3) is 0 Å². The molecule has 0 unspecified atom stereocenters. The van der Waals surface area contributed by atoms with Crippen molar-refractivity contribution in [2.75, 3.05) is 11.1 Å². The number of ether oxygens (including phenoxy) is 1. The van der Waals surface area contributed by atoms with Crippen molar-refractivity contribution in [1.82, 2.24) is 20.6 Å². The summed E-state index contributed by atoms with van der Waals surface area (Å²) >= 11 is 0. The number of tetrazole rings is 1. The van der Waals surface area contributed by atoms with E-state index in [4.69, 9.17) is 4.74 Å². The molecule has 1 aliphatic carbocycles. The van der Waals surface area contributed by atoms with Gasteiger partial charge in [0.15, 0.2) is 9.84 Å². The largest absolute Gasteiger partial charge is 0.507 e. The highest BCUT2D eigenvalue weighted by atomic mass is 32.2. The van der Waals surface area contributed by atoms with Gasteiger partial charge in [-0.2, -0.15) is 0 Å². The molecule has 0 saturated heterocycles. The Bertz CT molecular complexity index is 1120. The van der Waals surface area contributed by atoms with Crippen molar-refractivity contribution in [3.05, 3.63) is 41.5 Å². The fourth-order valence-electron chi connectivity index (χ4n) is 3.14. The number of H-pyrrole nitrogens is 1. The van der Waals surface area contributed by atoms with Crippen LogP contribution >= 0.6 is 0 Å². The minimum Gasteiger partial charge on any atom is -0.507 e. The fraction of sp³-hybridized carbons (Fsp3) is 0.316. The molecule has 4 rings (SSSR count). The summed E-state index contributed by atoms with van der Waals surface area (Å²) in [5.74, 6) is 1.37. The van der Waals surface area contributed by atoms with E-state index >= 15 is 0 Å². The number of rotatable bonds is 7. The minimum absolute atomic E-state index is 0.0545. The van der Waals surface area contributed by atoms with Gasteiger partial charge < -0.3 is 15.2 Å². The zero-order chi connectivity index (χ0) is 20.6. The molecule has 2 aromatic carbocycles. The smallest absolute Gasteiger partial charge is 0.244 e. The van der Waals surface area contributed by atoms with Gasteiger partial charge in [0.25, 0.3) is 0 Å². The highest BCUT2D eigenvalue weighted by Gasteiger charge is 2.31. The van der Waals surface area contributed by atoms with Gasteiger partial charge in [-0.1, -0.05) is 5.10 Å². The summed E-state index contributed by atoms with van der Waals surface area (Å²) in [4.78, 5) is -0.0895. The van der Waals surface area contributed by atoms with Gasteiger partial charge in [-0.3, -0.25) is 0 Å². The van der Waals surface area contributed by atoms with E-state index in [-0.39, 0.29) is 22.3 Å².